The van der Waals surface area contributed by atoms with E-state index in [2.05, 4.69) is 5.32 Å². The molecule has 2 heterocycles. The summed E-state index contributed by atoms with van der Waals surface area (Å²) in [5.74, 6) is -1.12. The Morgan fingerprint density at radius 1 is 1.11 bits per heavy atom. The monoisotopic (exact) mass is 494 g/mol. The van der Waals surface area contributed by atoms with E-state index in [0.717, 1.165) is 12.1 Å². The van der Waals surface area contributed by atoms with E-state index in [-0.39, 0.29) is 24.6 Å². The van der Waals surface area contributed by atoms with E-state index in [1.54, 1.807) is 20.8 Å². The molecule has 190 valence electrons. The number of primary amides is 1. The number of carbonyl (C=O) groups is 3. The summed E-state index contributed by atoms with van der Waals surface area (Å²) in [7, 11) is 0. The van der Waals surface area contributed by atoms with Gasteiger partial charge in [-0.1, -0.05) is 0 Å². The SMILES string of the molecule is CC(C)(C)OC(=O)N1CCC[C@H](NC(=O)c2cn(-c3ccc(C(F)(F)F)cc3)cc2CC(N)=O)C1. The summed E-state index contributed by atoms with van der Waals surface area (Å²) in [5, 5.41) is 2.89. The number of amides is 3. The molecule has 11 heteroatoms. The van der Waals surface area contributed by atoms with Crippen molar-refractivity contribution in [1.82, 2.24) is 14.8 Å². The molecule has 0 bridgehead atoms. The third-order valence-corrected chi connectivity index (χ3v) is 5.42. The van der Waals surface area contributed by atoms with Crippen LogP contribution in [-0.2, 0) is 22.1 Å². The number of hydrogen-bond donors (Lipinski definition) is 2. The molecule has 1 atom stereocenters. The Hall–Kier alpha value is -3.50. The van der Waals surface area contributed by atoms with Crippen molar-refractivity contribution in [3.63, 3.8) is 0 Å². The Kier molecular flexibility index (Phi) is 7.47. The van der Waals surface area contributed by atoms with Crippen LogP contribution in [-0.4, -0.2) is 52.1 Å². The topological polar surface area (TPSA) is 107 Å². The number of nitrogens with two attached hydrogens (primary N) is 1. The van der Waals surface area contributed by atoms with Gasteiger partial charge in [0.2, 0.25) is 5.91 Å². The maximum atomic E-state index is 13.1. The van der Waals surface area contributed by atoms with E-state index in [0.29, 0.717) is 30.6 Å². The Bertz CT molecular complexity index is 1090. The molecule has 1 aliphatic heterocycles. The molecule has 3 N–H and O–H groups in total. The molecule has 8 nitrogen and oxygen atoms in total. The molecule has 3 amide bonds. The van der Waals surface area contributed by atoms with E-state index < -0.39 is 35.2 Å². The second-order valence-corrected chi connectivity index (χ2v) is 9.53. The highest BCUT2D eigenvalue weighted by molar-refractivity contribution is 5.97. The summed E-state index contributed by atoms with van der Waals surface area (Å²) in [6.45, 7) is 6.10. The highest BCUT2D eigenvalue weighted by atomic mass is 19.4. The fourth-order valence-corrected chi connectivity index (χ4v) is 3.85. The van der Waals surface area contributed by atoms with Crippen molar-refractivity contribution in [1.29, 1.82) is 0 Å². The van der Waals surface area contributed by atoms with Crippen molar-refractivity contribution < 1.29 is 32.3 Å². The van der Waals surface area contributed by atoms with Crippen molar-refractivity contribution >= 4 is 17.9 Å². The van der Waals surface area contributed by atoms with Gasteiger partial charge in [-0.15, -0.1) is 0 Å². The van der Waals surface area contributed by atoms with Crippen molar-refractivity contribution in [3.05, 3.63) is 53.3 Å². The largest absolute Gasteiger partial charge is 0.444 e. The molecule has 3 rings (SSSR count). The predicted octanol–water partition coefficient (Wildman–Crippen LogP) is 3.65. The lowest BCUT2D eigenvalue weighted by Crippen LogP contribution is -2.50. The van der Waals surface area contributed by atoms with Gasteiger partial charge in [0.15, 0.2) is 0 Å². The van der Waals surface area contributed by atoms with Crippen molar-refractivity contribution in [3.8, 4) is 5.69 Å². The molecular formula is C24H29F3N4O4. The number of alkyl halides is 3. The normalized spacial score (nSPS) is 16.6. The van der Waals surface area contributed by atoms with Crippen LogP contribution >= 0.6 is 0 Å². The zero-order valence-electron chi connectivity index (χ0n) is 19.8. The molecule has 35 heavy (non-hydrogen) atoms. The van der Waals surface area contributed by atoms with Crippen LogP contribution in [0.5, 0.6) is 0 Å². The number of carbonyl (C=O) groups excluding carboxylic acids is 3. The van der Waals surface area contributed by atoms with Gasteiger partial charge in [-0.05, 0) is 63.4 Å². The number of likely N-dealkylation sites (tertiary alicyclic amines) is 1. The van der Waals surface area contributed by atoms with Crippen LogP contribution in [0.4, 0.5) is 18.0 Å². The third-order valence-electron chi connectivity index (χ3n) is 5.42. The quantitative estimate of drug-likeness (QED) is 0.662. The number of rotatable bonds is 5. The van der Waals surface area contributed by atoms with Crippen LogP contribution in [0.1, 0.15) is 55.1 Å². The molecule has 0 saturated carbocycles. The number of benzene rings is 1. The van der Waals surface area contributed by atoms with Crippen molar-refractivity contribution in [2.45, 2.75) is 57.9 Å². The minimum absolute atomic E-state index is 0.179. The Morgan fingerprint density at radius 2 is 1.77 bits per heavy atom. The van der Waals surface area contributed by atoms with E-state index >= 15 is 0 Å². The molecule has 1 saturated heterocycles. The maximum absolute atomic E-state index is 13.1. The lowest BCUT2D eigenvalue weighted by atomic mass is 10.0. The molecular weight excluding hydrogens is 465 g/mol. The minimum Gasteiger partial charge on any atom is -0.444 e. The van der Waals surface area contributed by atoms with Crippen LogP contribution < -0.4 is 11.1 Å². The summed E-state index contributed by atoms with van der Waals surface area (Å²) in [6.07, 6.45) is -0.878. The molecule has 0 unspecified atom stereocenters. The lowest BCUT2D eigenvalue weighted by molar-refractivity contribution is -0.137. The average Bonchev–Trinajstić information content (AvgIpc) is 3.15. The first-order valence-corrected chi connectivity index (χ1v) is 11.2. The first kappa shape index (κ1) is 26.1. The zero-order valence-corrected chi connectivity index (χ0v) is 19.8. The molecule has 0 aliphatic carbocycles. The van der Waals surface area contributed by atoms with Crippen LogP contribution in [0.2, 0.25) is 0 Å². The van der Waals surface area contributed by atoms with Crippen molar-refractivity contribution in [2.24, 2.45) is 5.73 Å². The first-order chi connectivity index (χ1) is 16.2. The van der Waals surface area contributed by atoms with Crippen molar-refractivity contribution in [2.75, 3.05) is 13.1 Å². The molecule has 1 aromatic heterocycles. The van der Waals surface area contributed by atoms with E-state index in [1.807, 2.05) is 0 Å². The number of piperidine rings is 1. The van der Waals surface area contributed by atoms with Gasteiger partial charge in [0.05, 0.1) is 17.5 Å². The van der Waals surface area contributed by atoms with Gasteiger partial charge in [-0.3, -0.25) is 9.59 Å². The standard InChI is InChI=1S/C24H29F3N4O4/c1-23(2,3)35-22(34)30-10-4-5-17(13-30)29-21(33)19-14-31(12-15(19)11-20(28)32)18-8-6-16(7-9-18)24(25,26)27/h6-9,12,14,17H,4-5,10-11,13H2,1-3H3,(H2,28,32)(H,29,33)/t17-/m0/s1. The van der Waals surface area contributed by atoms with Crippen LogP contribution in [0.15, 0.2) is 36.7 Å². The second kappa shape index (κ2) is 10.0. The van der Waals surface area contributed by atoms with Crippen LogP contribution in [0.3, 0.4) is 0 Å². The third kappa shape index (κ3) is 7.00. The van der Waals surface area contributed by atoms with Gasteiger partial charge in [0.1, 0.15) is 5.60 Å². The fourth-order valence-electron chi connectivity index (χ4n) is 3.85. The summed E-state index contributed by atoms with van der Waals surface area (Å²) in [4.78, 5) is 38.6. The minimum atomic E-state index is -4.47. The molecule has 1 aromatic carbocycles. The van der Waals surface area contributed by atoms with E-state index in [1.165, 1.54) is 34.0 Å². The first-order valence-electron chi connectivity index (χ1n) is 11.2. The van der Waals surface area contributed by atoms with Gasteiger partial charge in [-0.2, -0.15) is 13.2 Å². The Balaban J connectivity index is 1.77. The van der Waals surface area contributed by atoms with E-state index in [4.69, 9.17) is 10.5 Å². The van der Waals surface area contributed by atoms with Gasteiger partial charge in [0, 0.05) is 37.2 Å². The highest BCUT2D eigenvalue weighted by Gasteiger charge is 2.31. The van der Waals surface area contributed by atoms with Gasteiger partial charge in [0.25, 0.3) is 5.91 Å². The number of halogens is 3. The summed E-state index contributed by atoms with van der Waals surface area (Å²) >= 11 is 0. The molecule has 0 radical (unpaired) electrons. The van der Waals surface area contributed by atoms with Gasteiger partial charge < -0.3 is 25.3 Å². The summed E-state index contributed by atoms with van der Waals surface area (Å²) in [5.41, 5.74) is 4.80. The fraction of sp³-hybridized carbons (Fsp3) is 0.458. The predicted molar refractivity (Wildman–Crippen MR) is 122 cm³/mol. The molecule has 2 aromatic rings. The highest BCUT2D eigenvalue weighted by Crippen LogP contribution is 2.30. The van der Waals surface area contributed by atoms with Gasteiger partial charge >= 0.3 is 12.3 Å². The molecule has 1 aliphatic rings. The maximum Gasteiger partial charge on any atom is 0.416 e. The number of ether oxygens (including phenoxy) is 1. The number of nitrogens with one attached hydrogen (secondary N) is 1. The average molecular weight is 495 g/mol. The lowest BCUT2D eigenvalue weighted by Gasteiger charge is -2.34. The van der Waals surface area contributed by atoms with Crippen LogP contribution in [0.25, 0.3) is 5.69 Å². The summed E-state index contributed by atoms with van der Waals surface area (Å²) < 4.78 is 45.5. The molecule has 0 spiro atoms. The smallest absolute Gasteiger partial charge is 0.416 e. The zero-order chi connectivity index (χ0) is 26.0. The molecule has 1 fully saturated rings. The number of nitrogens with zero attached hydrogens (tertiary/aromatic N) is 2. The van der Waals surface area contributed by atoms with E-state index in [9.17, 15) is 27.6 Å². The number of aromatic nitrogens is 1. The Labute approximate surface area is 201 Å². The van der Waals surface area contributed by atoms with Crippen LogP contribution in [0, 0.1) is 0 Å². The van der Waals surface area contributed by atoms with Gasteiger partial charge in [-0.25, -0.2) is 4.79 Å². The number of hydrogen-bond acceptors (Lipinski definition) is 4. The summed E-state index contributed by atoms with van der Waals surface area (Å²) in [6, 6.07) is 4.10. The second-order valence-electron chi connectivity index (χ2n) is 9.53. The Morgan fingerprint density at radius 3 is 2.34 bits per heavy atom.